The molecule has 1 amide bonds. The van der Waals surface area contributed by atoms with Gasteiger partial charge in [-0.05, 0) is 48.5 Å². The van der Waals surface area contributed by atoms with Crippen molar-refractivity contribution in [3.05, 3.63) is 78.7 Å². The summed E-state index contributed by atoms with van der Waals surface area (Å²) < 4.78 is 18.4. The Bertz CT molecular complexity index is 837. The van der Waals surface area contributed by atoms with Crippen LogP contribution in [-0.2, 0) is 4.79 Å². The van der Waals surface area contributed by atoms with Gasteiger partial charge in [-0.2, -0.15) is 0 Å². The van der Waals surface area contributed by atoms with Gasteiger partial charge in [0.05, 0.1) is 24.9 Å². The van der Waals surface area contributed by atoms with Gasteiger partial charge in [-0.1, -0.05) is 18.2 Å². The Morgan fingerprint density at radius 1 is 0.962 bits per heavy atom. The quantitative estimate of drug-likeness (QED) is 0.663. The molecule has 0 aliphatic carbocycles. The number of hydrogen-bond donors (Lipinski definition) is 2. The summed E-state index contributed by atoms with van der Waals surface area (Å²) in [5.74, 6) is 0.727. The molecule has 0 unspecified atom stereocenters. The van der Waals surface area contributed by atoms with Gasteiger partial charge >= 0.3 is 0 Å². The summed E-state index contributed by atoms with van der Waals surface area (Å²) in [6.45, 7) is 0.292. The summed E-state index contributed by atoms with van der Waals surface area (Å²) in [4.78, 5) is 16.1. The molecule has 1 aromatic heterocycles. The maximum atomic E-state index is 12.9. The van der Waals surface area contributed by atoms with Crippen molar-refractivity contribution >= 4 is 23.1 Å². The molecule has 0 fully saturated rings. The van der Waals surface area contributed by atoms with Gasteiger partial charge in [0.2, 0.25) is 5.91 Å². The van der Waals surface area contributed by atoms with E-state index in [9.17, 15) is 9.18 Å². The number of nitrogens with zero attached hydrogens (tertiary/aromatic N) is 1. The molecule has 0 spiro atoms. The van der Waals surface area contributed by atoms with Gasteiger partial charge in [0.25, 0.3) is 0 Å². The van der Waals surface area contributed by atoms with E-state index in [2.05, 4.69) is 15.6 Å². The largest absolute Gasteiger partial charge is 0.493 e. The fourth-order valence-corrected chi connectivity index (χ4v) is 2.23. The van der Waals surface area contributed by atoms with E-state index in [0.29, 0.717) is 12.4 Å². The lowest BCUT2D eigenvalue weighted by Gasteiger charge is -2.08. The number of amides is 1. The van der Waals surface area contributed by atoms with Crippen LogP contribution in [0.2, 0.25) is 0 Å². The number of aromatic nitrogens is 1. The fraction of sp³-hybridized carbons (Fsp3) is 0.100. The van der Waals surface area contributed by atoms with Gasteiger partial charge in [-0.15, -0.1) is 0 Å². The van der Waals surface area contributed by atoms with Crippen LogP contribution in [0.3, 0.4) is 0 Å². The van der Waals surface area contributed by atoms with Crippen molar-refractivity contribution in [2.45, 2.75) is 6.42 Å². The molecule has 132 valence electrons. The van der Waals surface area contributed by atoms with E-state index in [1.165, 1.54) is 12.1 Å². The van der Waals surface area contributed by atoms with E-state index in [1.54, 1.807) is 30.5 Å². The Hall–Kier alpha value is -3.41. The third-order valence-corrected chi connectivity index (χ3v) is 3.50. The summed E-state index contributed by atoms with van der Waals surface area (Å²) >= 11 is 0. The van der Waals surface area contributed by atoms with Gasteiger partial charge in [0, 0.05) is 5.69 Å². The second kappa shape index (κ2) is 8.62. The lowest BCUT2D eigenvalue weighted by molar-refractivity contribution is -0.116. The number of pyridine rings is 1. The minimum Gasteiger partial charge on any atom is -0.493 e. The highest BCUT2D eigenvalue weighted by atomic mass is 19.1. The number of benzene rings is 2. The second-order valence-electron chi connectivity index (χ2n) is 5.52. The lowest BCUT2D eigenvalue weighted by Crippen LogP contribution is -2.15. The average Bonchev–Trinajstić information content (AvgIpc) is 2.66. The van der Waals surface area contributed by atoms with Crippen LogP contribution in [-0.4, -0.2) is 17.5 Å². The zero-order valence-electron chi connectivity index (χ0n) is 14.0. The number of rotatable bonds is 7. The maximum absolute atomic E-state index is 12.9. The lowest BCUT2D eigenvalue weighted by atomic mass is 10.3. The van der Waals surface area contributed by atoms with E-state index in [-0.39, 0.29) is 18.1 Å². The van der Waals surface area contributed by atoms with Crippen LogP contribution in [0, 0.1) is 5.82 Å². The van der Waals surface area contributed by atoms with Crippen molar-refractivity contribution in [2.24, 2.45) is 0 Å². The minimum absolute atomic E-state index is 0.173. The van der Waals surface area contributed by atoms with Gasteiger partial charge in [0.1, 0.15) is 17.4 Å². The Kier molecular flexibility index (Phi) is 5.77. The summed E-state index contributed by atoms with van der Waals surface area (Å²) in [5, 5.41) is 5.82. The summed E-state index contributed by atoms with van der Waals surface area (Å²) in [7, 11) is 0. The molecule has 0 atom stereocenters. The first-order valence-corrected chi connectivity index (χ1v) is 8.15. The van der Waals surface area contributed by atoms with Crippen LogP contribution >= 0.6 is 0 Å². The first-order chi connectivity index (χ1) is 12.7. The smallest absolute Gasteiger partial charge is 0.228 e. The zero-order valence-corrected chi connectivity index (χ0v) is 14.0. The number of ether oxygens (including phenoxy) is 1. The number of anilines is 3. The molecule has 5 nitrogen and oxygen atoms in total. The molecule has 1 heterocycles. The molecule has 2 N–H and O–H groups in total. The highest BCUT2D eigenvalue weighted by molar-refractivity contribution is 5.89. The zero-order chi connectivity index (χ0) is 18.2. The Morgan fingerprint density at radius 3 is 2.38 bits per heavy atom. The monoisotopic (exact) mass is 351 g/mol. The van der Waals surface area contributed by atoms with Crippen LogP contribution in [0.25, 0.3) is 0 Å². The third-order valence-electron chi connectivity index (χ3n) is 3.50. The predicted molar refractivity (Wildman–Crippen MR) is 99.1 cm³/mol. The maximum Gasteiger partial charge on any atom is 0.228 e. The van der Waals surface area contributed by atoms with Crippen LogP contribution in [0.1, 0.15) is 6.42 Å². The Balaban J connectivity index is 1.46. The standard InChI is InChI=1S/C20H18FN3O2/c21-15-6-8-16(9-7-15)23-17-10-11-19(22-14-17)24-20(25)12-13-26-18-4-2-1-3-5-18/h1-11,14,23H,12-13H2,(H,22,24,25). The summed E-state index contributed by atoms with van der Waals surface area (Å²) in [6, 6.07) is 18.8. The van der Waals surface area contributed by atoms with Crippen LogP contribution in [0.15, 0.2) is 72.9 Å². The molecule has 3 aromatic rings. The molecule has 6 heteroatoms. The average molecular weight is 351 g/mol. The van der Waals surface area contributed by atoms with E-state index in [0.717, 1.165) is 17.1 Å². The number of halogens is 1. The normalized spacial score (nSPS) is 10.2. The topological polar surface area (TPSA) is 63.2 Å². The number of nitrogens with one attached hydrogen (secondary N) is 2. The van der Waals surface area contributed by atoms with Gasteiger partial charge in [-0.25, -0.2) is 9.37 Å². The van der Waals surface area contributed by atoms with Crippen molar-refractivity contribution in [1.82, 2.24) is 4.98 Å². The molecule has 0 saturated carbocycles. The van der Waals surface area contributed by atoms with Gasteiger partial charge in [0.15, 0.2) is 0 Å². The van der Waals surface area contributed by atoms with E-state index in [4.69, 9.17) is 4.74 Å². The van der Waals surface area contributed by atoms with Gasteiger partial charge in [-0.3, -0.25) is 4.79 Å². The number of carbonyl (C=O) groups excluding carboxylic acids is 1. The minimum atomic E-state index is -0.289. The molecular weight excluding hydrogens is 333 g/mol. The molecule has 0 saturated heterocycles. The van der Waals surface area contributed by atoms with Crippen molar-refractivity contribution in [3.63, 3.8) is 0 Å². The summed E-state index contributed by atoms with van der Waals surface area (Å²) in [6.07, 6.45) is 1.82. The molecule has 0 aliphatic rings. The highest BCUT2D eigenvalue weighted by Crippen LogP contribution is 2.17. The second-order valence-corrected chi connectivity index (χ2v) is 5.52. The van der Waals surface area contributed by atoms with E-state index >= 15 is 0 Å². The SMILES string of the molecule is O=C(CCOc1ccccc1)Nc1ccc(Nc2ccc(F)cc2)cn1. The number of hydrogen-bond acceptors (Lipinski definition) is 4. The molecule has 3 rings (SSSR count). The molecule has 0 radical (unpaired) electrons. The van der Waals surface area contributed by atoms with E-state index < -0.39 is 0 Å². The molecule has 2 aromatic carbocycles. The first-order valence-electron chi connectivity index (χ1n) is 8.15. The third kappa shape index (κ3) is 5.31. The van der Waals surface area contributed by atoms with Gasteiger partial charge < -0.3 is 15.4 Å². The predicted octanol–water partition coefficient (Wildman–Crippen LogP) is 4.37. The summed E-state index contributed by atoms with van der Waals surface area (Å²) in [5.41, 5.74) is 1.49. The van der Waals surface area contributed by atoms with Crippen LogP contribution in [0.5, 0.6) is 5.75 Å². The number of para-hydroxylation sites is 1. The molecule has 0 aliphatic heterocycles. The van der Waals surface area contributed by atoms with Crippen molar-refractivity contribution in [2.75, 3.05) is 17.2 Å². The molecule has 0 bridgehead atoms. The Morgan fingerprint density at radius 2 is 1.69 bits per heavy atom. The van der Waals surface area contributed by atoms with Crippen molar-refractivity contribution in [1.29, 1.82) is 0 Å². The van der Waals surface area contributed by atoms with Crippen molar-refractivity contribution < 1.29 is 13.9 Å². The first kappa shape index (κ1) is 17.4. The van der Waals surface area contributed by atoms with Crippen LogP contribution < -0.4 is 15.4 Å². The number of carbonyl (C=O) groups is 1. The molecular formula is C20H18FN3O2. The van der Waals surface area contributed by atoms with E-state index in [1.807, 2.05) is 30.3 Å². The van der Waals surface area contributed by atoms with Crippen molar-refractivity contribution in [3.8, 4) is 5.75 Å². The molecule has 26 heavy (non-hydrogen) atoms. The Labute approximate surface area is 150 Å². The van der Waals surface area contributed by atoms with Crippen LogP contribution in [0.4, 0.5) is 21.6 Å². The fourth-order valence-electron chi connectivity index (χ4n) is 2.23. The highest BCUT2D eigenvalue weighted by Gasteiger charge is 2.04.